The first kappa shape index (κ1) is 24.7. The zero-order chi connectivity index (χ0) is 23.7. The highest BCUT2D eigenvalue weighted by Crippen LogP contribution is 2.28. The lowest BCUT2D eigenvalue weighted by molar-refractivity contribution is -0.137. The summed E-state index contributed by atoms with van der Waals surface area (Å²) < 4.78 is 35.6. The maximum Gasteiger partial charge on any atom is 0.303 e. The molecule has 3 N–H and O–H groups in total. The van der Waals surface area contributed by atoms with Crippen LogP contribution in [-0.2, 0) is 19.6 Å². The molecule has 0 heterocycles. The van der Waals surface area contributed by atoms with Crippen molar-refractivity contribution in [3.63, 3.8) is 0 Å². The molecule has 0 atom stereocenters. The van der Waals surface area contributed by atoms with E-state index in [0.717, 1.165) is 0 Å². The van der Waals surface area contributed by atoms with E-state index in [-0.39, 0.29) is 35.8 Å². The summed E-state index contributed by atoms with van der Waals surface area (Å²) in [6.45, 7) is 1.61. The normalized spacial score (nSPS) is 11.5. The number of amides is 1. The van der Waals surface area contributed by atoms with Crippen LogP contribution in [0.3, 0.4) is 0 Å². The van der Waals surface area contributed by atoms with Crippen molar-refractivity contribution in [1.29, 1.82) is 0 Å². The van der Waals surface area contributed by atoms with E-state index < -0.39 is 16.0 Å². The number of carboxylic acid groups (broad SMARTS) is 1. The smallest absolute Gasteiger partial charge is 0.303 e. The Morgan fingerprint density at radius 2 is 1.81 bits per heavy atom. The average molecular weight is 464 g/mol. The van der Waals surface area contributed by atoms with E-state index in [0.29, 0.717) is 22.7 Å². The second-order valence-corrected chi connectivity index (χ2v) is 8.31. The summed E-state index contributed by atoms with van der Waals surface area (Å²) in [5, 5.41) is 15.3. The van der Waals surface area contributed by atoms with Gasteiger partial charge in [0.15, 0.2) is 0 Å². The molecule has 1 amide bonds. The summed E-state index contributed by atoms with van der Waals surface area (Å²) >= 11 is 0. The lowest BCUT2D eigenvalue weighted by Crippen LogP contribution is -2.20. The van der Waals surface area contributed by atoms with E-state index in [1.807, 2.05) is 0 Å². The summed E-state index contributed by atoms with van der Waals surface area (Å²) in [7, 11) is -1.20. The molecule has 0 aromatic heterocycles. The van der Waals surface area contributed by atoms with E-state index >= 15 is 0 Å². The van der Waals surface area contributed by atoms with E-state index in [2.05, 4.69) is 15.2 Å². The van der Waals surface area contributed by atoms with Crippen molar-refractivity contribution < 1.29 is 32.6 Å². The Labute approximate surface area is 186 Å². The van der Waals surface area contributed by atoms with Crippen molar-refractivity contribution in [3.8, 4) is 11.5 Å². The molecule has 11 heteroatoms. The molecule has 10 nitrogen and oxygen atoms in total. The number of nitrogens with one attached hydrogen (secondary N) is 2. The number of hydrogen-bond acceptors (Lipinski definition) is 7. The third kappa shape index (κ3) is 6.98. The van der Waals surface area contributed by atoms with Crippen LogP contribution < -0.4 is 19.6 Å². The van der Waals surface area contributed by atoms with Crippen LogP contribution in [0.15, 0.2) is 52.5 Å². The maximum atomic E-state index is 12.7. The van der Waals surface area contributed by atoms with Gasteiger partial charge in [0.2, 0.25) is 5.91 Å². The maximum absolute atomic E-state index is 12.7. The zero-order valence-electron chi connectivity index (χ0n) is 17.9. The predicted octanol–water partition coefficient (Wildman–Crippen LogP) is 2.60. The Kier molecular flexibility index (Phi) is 8.59. The molecular weight excluding hydrogens is 438 g/mol. The predicted molar refractivity (Wildman–Crippen MR) is 119 cm³/mol. The molecule has 0 aliphatic carbocycles. The molecule has 2 aromatic rings. The van der Waals surface area contributed by atoms with Crippen LogP contribution in [0.1, 0.15) is 31.7 Å². The van der Waals surface area contributed by atoms with E-state index in [1.54, 1.807) is 31.2 Å². The molecule has 2 rings (SSSR count). The van der Waals surface area contributed by atoms with Crippen LogP contribution in [0, 0.1) is 0 Å². The number of carbonyl (C=O) groups excluding carboxylic acids is 1. The number of aliphatic carboxylic acids is 1. The minimum absolute atomic E-state index is 0.0765. The monoisotopic (exact) mass is 463 g/mol. The molecule has 0 aliphatic rings. The summed E-state index contributed by atoms with van der Waals surface area (Å²) in [6, 6.07) is 11.0. The van der Waals surface area contributed by atoms with Crippen molar-refractivity contribution in [2.45, 2.75) is 31.1 Å². The van der Waals surface area contributed by atoms with Crippen LogP contribution in [0.25, 0.3) is 0 Å². The number of anilines is 1. The largest absolute Gasteiger partial charge is 0.497 e. The molecule has 0 bridgehead atoms. The third-order valence-electron chi connectivity index (χ3n) is 4.35. The number of carbonyl (C=O) groups is 2. The van der Waals surface area contributed by atoms with Crippen molar-refractivity contribution in [3.05, 3.63) is 48.0 Å². The zero-order valence-corrected chi connectivity index (χ0v) is 18.7. The first-order valence-electron chi connectivity index (χ1n) is 9.56. The van der Waals surface area contributed by atoms with Gasteiger partial charge < -0.3 is 19.9 Å². The Bertz CT molecular complexity index is 1110. The molecule has 0 aliphatic heterocycles. The second-order valence-electron chi connectivity index (χ2n) is 6.68. The molecule has 0 fully saturated rings. The first-order valence-corrected chi connectivity index (χ1v) is 11.0. The van der Waals surface area contributed by atoms with Gasteiger partial charge in [0.1, 0.15) is 16.4 Å². The third-order valence-corrected chi connectivity index (χ3v) is 5.60. The molecule has 0 spiro atoms. The number of sulfonamides is 1. The molecule has 0 unspecified atom stereocenters. The standard InChI is InChI=1S/C21H25N3O7S/c1-14(15-6-4-7-16(12-15)22-20(25)8-5-9-21(26)27)23-24-32(28,29)19-11-10-17(30-2)13-18(19)31-3/h4,6-7,10-13,24H,5,8-9H2,1-3H3,(H,22,25)(H,26,27)/b23-14+. The number of benzene rings is 2. The van der Waals surface area contributed by atoms with Crippen molar-refractivity contribution in [2.24, 2.45) is 5.10 Å². The van der Waals surface area contributed by atoms with Gasteiger partial charge in [0.25, 0.3) is 10.0 Å². The Morgan fingerprint density at radius 1 is 1.06 bits per heavy atom. The van der Waals surface area contributed by atoms with Gasteiger partial charge >= 0.3 is 5.97 Å². The number of rotatable bonds is 11. The van der Waals surface area contributed by atoms with Gasteiger partial charge in [-0.2, -0.15) is 18.4 Å². The Hall–Kier alpha value is -3.60. The number of hydrazone groups is 1. The summed E-state index contributed by atoms with van der Waals surface area (Å²) in [4.78, 5) is 24.6. The molecular formula is C21H25N3O7S. The summed E-state index contributed by atoms with van der Waals surface area (Å²) in [6.07, 6.45) is 0.226. The summed E-state index contributed by atoms with van der Waals surface area (Å²) in [5.74, 6) is -0.716. The van der Waals surface area contributed by atoms with Crippen LogP contribution >= 0.6 is 0 Å². The van der Waals surface area contributed by atoms with Gasteiger partial charge in [-0.05, 0) is 43.2 Å². The lowest BCUT2D eigenvalue weighted by Gasteiger charge is -2.11. The van der Waals surface area contributed by atoms with Crippen molar-refractivity contribution >= 4 is 33.3 Å². The minimum atomic E-state index is -4.01. The first-order chi connectivity index (χ1) is 15.2. The van der Waals surface area contributed by atoms with Crippen molar-refractivity contribution in [1.82, 2.24) is 4.83 Å². The number of methoxy groups -OCH3 is 2. The second kappa shape index (κ2) is 11.1. The minimum Gasteiger partial charge on any atom is -0.497 e. The van der Waals surface area contributed by atoms with Crippen LogP contribution in [0.2, 0.25) is 0 Å². The molecule has 172 valence electrons. The molecule has 0 saturated heterocycles. The fourth-order valence-corrected chi connectivity index (χ4v) is 3.69. The van der Waals surface area contributed by atoms with Gasteiger partial charge in [-0.15, -0.1) is 0 Å². The highest BCUT2D eigenvalue weighted by Gasteiger charge is 2.20. The molecule has 32 heavy (non-hydrogen) atoms. The summed E-state index contributed by atoms with van der Waals surface area (Å²) in [5.41, 5.74) is 1.43. The number of hydrogen-bond donors (Lipinski definition) is 3. The van der Waals surface area contributed by atoms with E-state index in [4.69, 9.17) is 14.6 Å². The van der Waals surface area contributed by atoms with Crippen LogP contribution in [-0.4, -0.2) is 45.3 Å². The number of nitrogens with zero attached hydrogens (tertiary/aromatic N) is 1. The van der Waals surface area contributed by atoms with E-state index in [9.17, 15) is 18.0 Å². The lowest BCUT2D eigenvalue weighted by atomic mass is 10.1. The quantitative estimate of drug-likeness (QED) is 0.343. The average Bonchev–Trinajstić information content (AvgIpc) is 2.76. The molecule has 0 radical (unpaired) electrons. The number of ether oxygens (including phenoxy) is 2. The molecule has 2 aromatic carbocycles. The SMILES string of the molecule is COc1ccc(S(=O)(=O)N/N=C(\C)c2cccc(NC(=O)CCCC(=O)O)c2)c(OC)c1. The van der Waals surface area contributed by atoms with Gasteiger partial charge in [0, 0.05) is 24.6 Å². The van der Waals surface area contributed by atoms with Gasteiger partial charge in [0.05, 0.1) is 19.9 Å². The van der Waals surface area contributed by atoms with E-state index in [1.165, 1.54) is 32.4 Å². The molecule has 0 saturated carbocycles. The highest BCUT2D eigenvalue weighted by atomic mass is 32.2. The van der Waals surface area contributed by atoms with Crippen molar-refractivity contribution in [2.75, 3.05) is 19.5 Å². The van der Waals surface area contributed by atoms with Crippen LogP contribution in [0.5, 0.6) is 11.5 Å². The van der Waals surface area contributed by atoms with Gasteiger partial charge in [-0.1, -0.05) is 12.1 Å². The Balaban J connectivity index is 2.12. The fourth-order valence-electron chi connectivity index (χ4n) is 2.68. The van der Waals surface area contributed by atoms with Gasteiger partial charge in [-0.25, -0.2) is 0 Å². The number of carboxylic acids is 1. The topological polar surface area (TPSA) is 143 Å². The van der Waals surface area contributed by atoms with Crippen LogP contribution in [0.4, 0.5) is 5.69 Å². The fraction of sp³-hybridized carbons (Fsp3) is 0.286. The highest BCUT2D eigenvalue weighted by molar-refractivity contribution is 7.89. The van der Waals surface area contributed by atoms with Gasteiger partial charge in [-0.3, -0.25) is 9.59 Å². The Morgan fingerprint density at radius 3 is 2.47 bits per heavy atom.